The number of hydrogen-bond donors (Lipinski definition) is 2. The number of amides is 1. The standard InChI is InChI=1S/C24H20N4O4/c29-23(30)21(13-28-22-12-6-5-11-20(22)26-27-28)25-24(31)32-14-19-17-9-3-1-7-15(17)16-8-2-4-10-18(16)19/h1-12,19,21H,13-14H2,(H,25,31)(H,29,30)/t21-/m0/s1. The Labute approximate surface area is 183 Å². The molecule has 0 aliphatic heterocycles. The fourth-order valence-electron chi connectivity index (χ4n) is 4.19. The number of carboxylic acid groups (broad SMARTS) is 1. The van der Waals surface area contributed by atoms with Gasteiger partial charge >= 0.3 is 12.1 Å². The summed E-state index contributed by atoms with van der Waals surface area (Å²) in [5.41, 5.74) is 5.76. The van der Waals surface area contributed by atoms with E-state index in [9.17, 15) is 14.7 Å². The molecule has 1 heterocycles. The van der Waals surface area contributed by atoms with Gasteiger partial charge in [-0.05, 0) is 34.4 Å². The first-order valence-corrected chi connectivity index (χ1v) is 10.2. The molecule has 0 saturated heterocycles. The molecule has 0 bridgehead atoms. The van der Waals surface area contributed by atoms with Crippen molar-refractivity contribution in [2.45, 2.75) is 18.5 Å². The van der Waals surface area contributed by atoms with Crippen LogP contribution in [0.4, 0.5) is 4.79 Å². The molecule has 5 rings (SSSR count). The van der Waals surface area contributed by atoms with Crippen LogP contribution in [0.3, 0.4) is 0 Å². The van der Waals surface area contributed by atoms with E-state index in [1.807, 2.05) is 48.5 Å². The van der Waals surface area contributed by atoms with Gasteiger partial charge in [-0.3, -0.25) is 0 Å². The molecule has 0 fully saturated rings. The van der Waals surface area contributed by atoms with Crippen LogP contribution in [0.1, 0.15) is 17.0 Å². The number of alkyl carbamates (subject to hydrolysis) is 1. The highest BCUT2D eigenvalue weighted by Crippen LogP contribution is 2.44. The van der Waals surface area contributed by atoms with Crippen molar-refractivity contribution >= 4 is 23.1 Å². The fraction of sp³-hybridized carbons (Fsp3) is 0.167. The molecule has 8 nitrogen and oxygen atoms in total. The SMILES string of the molecule is O=C(N[C@@H](Cn1nnc2ccccc21)C(=O)O)OCC1c2ccccc2-c2ccccc21. The summed E-state index contributed by atoms with van der Waals surface area (Å²) in [6.45, 7) is 0.0402. The van der Waals surface area contributed by atoms with Crippen LogP contribution < -0.4 is 5.32 Å². The highest BCUT2D eigenvalue weighted by Gasteiger charge is 2.30. The zero-order chi connectivity index (χ0) is 22.1. The molecule has 4 aromatic rings. The highest BCUT2D eigenvalue weighted by molar-refractivity contribution is 5.81. The second-order valence-electron chi connectivity index (χ2n) is 7.62. The van der Waals surface area contributed by atoms with Gasteiger partial charge in [0.1, 0.15) is 18.2 Å². The molecule has 0 radical (unpaired) electrons. The summed E-state index contributed by atoms with van der Waals surface area (Å²) in [5, 5.41) is 20.1. The Morgan fingerprint density at radius 3 is 2.28 bits per heavy atom. The molecule has 0 spiro atoms. The monoisotopic (exact) mass is 428 g/mol. The maximum absolute atomic E-state index is 12.5. The predicted molar refractivity (Wildman–Crippen MR) is 117 cm³/mol. The van der Waals surface area contributed by atoms with Crippen LogP contribution in [-0.4, -0.2) is 44.8 Å². The average Bonchev–Trinajstić information content (AvgIpc) is 3.36. The molecule has 1 atom stereocenters. The molecule has 1 aromatic heterocycles. The van der Waals surface area contributed by atoms with Crippen molar-refractivity contribution in [2.24, 2.45) is 0 Å². The number of para-hydroxylation sites is 1. The summed E-state index contributed by atoms with van der Waals surface area (Å²) < 4.78 is 6.92. The summed E-state index contributed by atoms with van der Waals surface area (Å²) in [6, 6.07) is 22.0. The number of hydrogen-bond acceptors (Lipinski definition) is 5. The van der Waals surface area contributed by atoms with Crippen LogP contribution in [0, 0.1) is 0 Å². The van der Waals surface area contributed by atoms with Gasteiger partial charge in [0.2, 0.25) is 0 Å². The maximum atomic E-state index is 12.5. The fourth-order valence-corrected chi connectivity index (χ4v) is 4.19. The van der Waals surface area contributed by atoms with Crippen molar-refractivity contribution in [2.75, 3.05) is 6.61 Å². The molecule has 8 heteroatoms. The molecule has 0 unspecified atom stereocenters. The van der Waals surface area contributed by atoms with E-state index in [0.29, 0.717) is 11.0 Å². The Balaban J connectivity index is 1.28. The van der Waals surface area contributed by atoms with E-state index < -0.39 is 18.1 Å². The van der Waals surface area contributed by atoms with Gasteiger partial charge in [0.15, 0.2) is 0 Å². The number of fused-ring (bicyclic) bond motifs is 4. The molecule has 2 N–H and O–H groups in total. The highest BCUT2D eigenvalue weighted by atomic mass is 16.5. The summed E-state index contributed by atoms with van der Waals surface area (Å²) in [7, 11) is 0. The van der Waals surface area contributed by atoms with E-state index >= 15 is 0 Å². The Kier molecular flexibility index (Phi) is 5.03. The largest absolute Gasteiger partial charge is 0.480 e. The van der Waals surface area contributed by atoms with Gasteiger partial charge in [-0.25, -0.2) is 14.3 Å². The number of carboxylic acids is 1. The van der Waals surface area contributed by atoms with Crippen molar-refractivity contribution in [1.82, 2.24) is 20.3 Å². The van der Waals surface area contributed by atoms with Gasteiger partial charge in [-0.2, -0.15) is 0 Å². The number of benzene rings is 3. The third-order valence-electron chi connectivity index (χ3n) is 5.71. The van der Waals surface area contributed by atoms with Crippen LogP contribution in [0.2, 0.25) is 0 Å². The van der Waals surface area contributed by atoms with Crippen LogP contribution in [-0.2, 0) is 16.1 Å². The third-order valence-corrected chi connectivity index (χ3v) is 5.71. The van der Waals surface area contributed by atoms with Gasteiger partial charge in [0, 0.05) is 5.92 Å². The van der Waals surface area contributed by atoms with Gasteiger partial charge in [-0.15, -0.1) is 5.10 Å². The van der Waals surface area contributed by atoms with Crippen molar-refractivity contribution in [3.8, 4) is 11.1 Å². The minimum absolute atomic E-state index is 0.0694. The van der Waals surface area contributed by atoms with Crippen LogP contribution in [0.15, 0.2) is 72.8 Å². The third kappa shape index (κ3) is 3.56. The van der Waals surface area contributed by atoms with Crippen molar-refractivity contribution in [3.63, 3.8) is 0 Å². The first-order chi connectivity index (χ1) is 15.6. The van der Waals surface area contributed by atoms with E-state index in [2.05, 4.69) is 27.8 Å². The second-order valence-corrected chi connectivity index (χ2v) is 7.62. The zero-order valence-electron chi connectivity index (χ0n) is 17.0. The Hall–Kier alpha value is -4.20. The van der Waals surface area contributed by atoms with Crippen molar-refractivity contribution in [1.29, 1.82) is 0 Å². The number of aliphatic carboxylic acids is 1. The lowest BCUT2D eigenvalue weighted by molar-refractivity contribution is -0.139. The molecular weight excluding hydrogens is 408 g/mol. The summed E-state index contributed by atoms with van der Waals surface area (Å²) in [5.74, 6) is -1.28. The van der Waals surface area contributed by atoms with Crippen LogP contribution >= 0.6 is 0 Å². The lowest BCUT2D eigenvalue weighted by Gasteiger charge is -2.17. The number of nitrogens with zero attached hydrogens (tertiary/aromatic N) is 3. The Morgan fingerprint density at radius 2 is 1.59 bits per heavy atom. The molecular formula is C24H20N4O4. The molecule has 1 aliphatic carbocycles. The van der Waals surface area contributed by atoms with Crippen LogP contribution in [0.25, 0.3) is 22.2 Å². The van der Waals surface area contributed by atoms with Crippen molar-refractivity contribution in [3.05, 3.63) is 83.9 Å². The maximum Gasteiger partial charge on any atom is 0.407 e. The normalized spacial score (nSPS) is 13.4. The lowest BCUT2D eigenvalue weighted by atomic mass is 9.98. The molecule has 1 amide bonds. The Morgan fingerprint density at radius 1 is 0.969 bits per heavy atom. The molecule has 3 aromatic carbocycles. The number of carbonyl (C=O) groups is 2. The van der Waals surface area contributed by atoms with E-state index in [-0.39, 0.29) is 19.1 Å². The van der Waals surface area contributed by atoms with E-state index in [4.69, 9.17) is 4.74 Å². The number of nitrogens with one attached hydrogen (secondary N) is 1. The first-order valence-electron chi connectivity index (χ1n) is 10.2. The van der Waals surface area contributed by atoms with Gasteiger partial charge in [-0.1, -0.05) is 65.9 Å². The number of rotatable bonds is 6. The van der Waals surface area contributed by atoms with Crippen LogP contribution in [0.5, 0.6) is 0 Å². The molecule has 1 aliphatic rings. The smallest absolute Gasteiger partial charge is 0.407 e. The van der Waals surface area contributed by atoms with Crippen molar-refractivity contribution < 1.29 is 19.4 Å². The minimum atomic E-state index is -1.21. The molecule has 0 saturated carbocycles. The van der Waals surface area contributed by atoms with Gasteiger partial charge in [0.05, 0.1) is 12.1 Å². The average molecular weight is 428 g/mol. The van der Waals surface area contributed by atoms with Gasteiger partial charge in [0.25, 0.3) is 0 Å². The minimum Gasteiger partial charge on any atom is -0.480 e. The molecule has 160 valence electrons. The summed E-state index contributed by atoms with van der Waals surface area (Å²) >= 11 is 0. The second kappa shape index (κ2) is 8.14. The quantitative estimate of drug-likeness (QED) is 0.487. The number of ether oxygens (including phenoxy) is 1. The summed E-state index contributed by atoms with van der Waals surface area (Å²) in [6.07, 6.45) is -0.788. The lowest BCUT2D eigenvalue weighted by Crippen LogP contribution is -2.44. The van der Waals surface area contributed by atoms with E-state index in [0.717, 1.165) is 22.3 Å². The molecule has 32 heavy (non-hydrogen) atoms. The Bertz CT molecular complexity index is 1270. The topological polar surface area (TPSA) is 106 Å². The first kappa shape index (κ1) is 19.7. The predicted octanol–water partition coefficient (Wildman–Crippen LogP) is 3.42. The number of carbonyl (C=O) groups excluding carboxylic acids is 1. The number of aromatic nitrogens is 3. The van der Waals surface area contributed by atoms with Gasteiger partial charge < -0.3 is 15.2 Å². The zero-order valence-corrected chi connectivity index (χ0v) is 17.0. The van der Waals surface area contributed by atoms with E-state index in [1.54, 1.807) is 12.1 Å². The van der Waals surface area contributed by atoms with E-state index in [1.165, 1.54) is 4.68 Å². The summed E-state index contributed by atoms with van der Waals surface area (Å²) in [4.78, 5) is 24.2.